The maximum Gasteiger partial charge on any atom is 0.414 e. The average molecular weight is 484 g/mol. The van der Waals surface area contributed by atoms with Gasteiger partial charge in [-0.1, -0.05) is 48.5 Å². The lowest BCUT2D eigenvalue weighted by molar-refractivity contribution is -0.159. The van der Waals surface area contributed by atoms with Gasteiger partial charge in [-0.15, -0.1) is 11.8 Å². The molecule has 0 saturated carbocycles. The van der Waals surface area contributed by atoms with Crippen LogP contribution in [0, 0.1) is 5.92 Å². The number of nitrogens with zero attached hydrogens (tertiary/aromatic N) is 1. The SMILES string of the molecule is CCOC(=O)[C@@H]1CCCN(CC=C2c3ccccc3CSc3ccccc32)C1.O=C(O)C(=O)O. The third-order valence-electron chi connectivity index (χ3n) is 5.73. The van der Waals surface area contributed by atoms with Gasteiger partial charge in [0.05, 0.1) is 12.5 Å². The molecule has 1 saturated heterocycles. The molecule has 0 amide bonds. The van der Waals surface area contributed by atoms with E-state index in [1.165, 1.54) is 27.2 Å². The molecule has 0 aromatic heterocycles. The van der Waals surface area contributed by atoms with Crippen molar-refractivity contribution in [2.45, 2.75) is 30.4 Å². The molecule has 2 aromatic rings. The predicted molar refractivity (Wildman–Crippen MR) is 131 cm³/mol. The zero-order valence-corrected chi connectivity index (χ0v) is 19.9. The molecule has 0 unspecified atom stereocenters. The van der Waals surface area contributed by atoms with Gasteiger partial charge in [0.25, 0.3) is 0 Å². The minimum Gasteiger partial charge on any atom is -0.473 e. The Kier molecular flexibility index (Phi) is 9.30. The number of esters is 1. The van der Waals surface area contributed by atoms with Gasteiger partial charge in [0, 0.05) is 23.7 Å². The number of carbonyl (C=O) groups excluding carboxylic acids is 1. The van der Waals surface area contributed by atoms with Gasteiger partial charge in [-0.25, -0.2) is 9.59 Å². The largest absolute Gasteiger partial charge is 0.473 e. The molecule has 2 heterocycles. The summed E-state index contributed by atoms with van der Waals surface area (Å²) in [5, 5.41) is 14.8. The summed E-state index contributed by atoms with van der Waals surface area (Å²) in [7, 11) is 0. The second-order valence-electron chi connectivity index (χ2n) is 8.02. The molecular formula is C26H29NO6S. The number of rotatable bonds is 4. The summed E-state index contributed by atoms with van der Waals surface area (Å²) in [6, 6.07) is 17.4. The van der Waals surface area contributed by atoms with E-state index in [0.717, 1.165) is 38.2 Å². The summed E-state index contributed by atoms with van der Waals surface area (Å²) in [4.78, 5) is 34.1. The van der Waals surface area contributed by atoms with E-state index in [0.29, 0.717) is 6.61 Å². The Balaban J connectivity index is 0.000000481. The number of fused-ring (bicyclic) bond motifs is 2. The predicted octanol–water partition coefficient (Wildman–Crippen LogP) is 4.15. The van der Waals surface area contributed by atoms with Gasteiger partial charge < -0.3 is 14.9 Å². The molecule has 2 N–H and O–H groups in total. The topological polar surface area (TPSA) is 104 Å². The number of piperidine rings is 1. The molecule has 0 bridgehead atoms. The number of ether oxygens (including phenoxy) is 1. The minimum absolute atomic E-state index is 0.0105. The Bertz CT molecular complexity index is 1010. The van der Waals surface area contributed by atoms with Gasteiger partial charge in [-0.3, -0.25) is 9.69 Å². The standard InChI is InChI=1S/C24H27NO2S.C2H2O4/c1-2-27-24(26)18-9-7-14-25(16-18)15-13-21-20-10-4-3-8-19(20)17-28-23-12-6-5-11-22(21)23;3-1(4)2(5)6/h3-6,8,10-13,18H,2,7,9,14-17H2,1H3;(H,3,4)(H,5,6)/t18-;/m1./s1. The van der Waals surface area contributed by atoms with Crippen LogP contribution in [0.4, 0.5) is 0 Å². The molecule has 8 heteroatoms. The smallest absolute Gasteiger partial charge is 0.414 e. The number of carboxylic acid groups (broad SMARTS) is 2. The zero-order valence-electron chi connectivity index (χ0n) is 19.1. The lowest BCUT2D eigenvalue weighted by Crippen LogP contribution is -2.39. The van der Waals surface area contributed by atoms with Crippen LogP contribution >= 0.6 is 11.8 Å². The van der Waals surface area contributed by atoms with E-state index in [9.17, 15) is 4.79 Å². The molecule has 1 atom stereocenters. The molecular weight excluding hydrogens is 454 g/mol. The van der Waals surface area contributed by atoms with Crippen LogP contribution in [0.15, 0.2) is 59.5 Å². The number of carbonyl (C=O) groups is 3. The highest BCUT2D eigenvalue weighted by atomic mass is 32.2. The summed E-state index contributed by atoms with van der Waals surface area (Å²) >= 11 is 1.91. The molecule has 0 spiro atoms. The normalized spacial score (nSPS) is 18.5. The van der Waals surface area contributed by atoms with E-state index in [1.807, 2.05) is 18.7 Å². The van der Waals surface area contributed by atoms with E-state index in [-0.39, 0.29) is 11.9 Å². The van der Waals surface area contributed by atoms with Crippen LogP contribution in [0.1, 0.15) is 36.5 Å². The maximum atomic E-state index is 12.2. The van der Waals surface area contributed by atoms with Gasteiger partial charge in [0.15, 0.2) is 0 Å². The van der Waals surface area contributed by atoms with Gasteiger partial charge in [-0.05, 0) is 54.6 Å². The first-order valence-electron chi connectivity index (χ1n) is 11.3. The van der Waals surface area contributed by atoms with Crippen LogP contribution in [0.2, 0.25) is 0 Å². The minimum atomic E-state index is -1.82. The van der Waals surface area contributed by atoms with Crippen molar-refractivity contribution in [2.75, 3.05) is 26.2 Å². The van der Waals surface area contributed by atoms with Crippen LogP contribution in [0.3, 0.4) is 0 Å². The summed E-state index contributed by atoms with van der Waals surface area (Å²) in [5.41, 5.74) is 5.35. The third kappa shape index (κ3) is 6.71. The molecule has 34 heavy (non-hydrogen) atoms. The van der Waals surface area contributed by atoms with Crippen molar-refractivity contribution in [1.29, 1.82) is 0 Å². The number of carboxylic acids is 2. The Morgan fingerprint density at radius 3 is 2.44 bits per heavy atom. The summed E-state index contributed by atoms with van der Waals surface area (Å²) in [6.07, 6.45) is 4.35. The monoisotopic (exact) mass is 483 g/mol. The Morgan fingerprint density at radius 1 is 1.06 bits per heavy atom. The van der Waals surface area contributed by atoms with Crippen LogP contribution < -0.4 is 0 Å². The van der Waals surface area contributed by atoms with E-state index in [2.05, 4.69) is 59.5 Å². The summed E-state index contributed by atoms with van der Waals surface area (Å²) in [5.74, 6) is -2.68. The first kappa shape index (κ1) is 25.5. The Labute approximate surface area is 203 Å². The van der Waals surface area contributed by atoms with Crippen molar-refractivity contribution in [2.24, 2.45) is 5.92 Å². The van der Waals surface area contributed by atoms with E-state index in [1.54, 1.807) is 0 Å². The summed E-state index contributed by atoms with van der Waals surface area (Å²) < 4.78 is 5.25. The fraction of sp³-hybridized carbons (Fsp3) is 0.346. The lowest BCUT2D eigenvalue weighted by atomic mass is 9.93. The van der Waals surface area contributed by atoms with Crippen LogP contribution in [-0.2, 0) is 24.9 Å². The third-order valence-corrected chi connectivity index (χ3v) is 6.85. The van der Waals surface area contributed by atoms with Crippen LogP contribution in [-0.4, -0.2) is 59.3 Å². The fourth-order valence-corrected chi connectivity index (χ4v) is 5.21. The highest BCUT2D eigenvalue weighted by molar-refractivity contribution is 7.98. The van der Waals surface area contributed by atoms with Gasteiger partial charge >= 0.3 is 17.9 Å². The first-order valence-corrected chi connectivity index (χ1v) is 12.2. The number of aliphatic carboxylic acids is 2. The van der Waals surface area contributed by atoms with Crippen molar-refractivity contribution in [3.8, 4) is 0 Å². The molecule has 0 radical (unpaired) electrons. The van der Waals surface area contributed by atoms with E-state index < -0.39 is 11.9 Å². The van der Waals surface area contributed by atoms with Gasteiger partial charge in [0.1, 0.15) is 0 Å². The summed E-state index contributed by atoms with van der Waals surface area (Å²) in [6.45, 7) is 5.03. The molecule has 4 rings (SSSR count). The molecule has 0 aliphatic carbocycles. The molecule has 1 fully saturated rings. The Hall–Kier alpha value is -3.10. The van der Waals surface area contributed by atoms with Crippen molar-refractivity contribution in [3.63, 3.8) is 0 Å². The van der Waals surface area contributed by atoms with Crippen LogP contribution in [0.5, 0.6) is 0 Å². The highest BCUT2D eigenvalue weighted by Gasteiger charge is 2.26. The van der Waals surface area contributed by atoms with E-state index in [4.69, 9.17) is 24.5 Å². The quantitative estimate of drug-likeness (QED) is 0.494. The van der Waals surface area contributed by atoms with Gasteiger partial charge in [-0.2, -0.15) is 0 Å². The maximum absolute atomic E-state index is 12.2. The first-order chi connectivity index (χ1) is 16.4. The molecule has 180 valence electrons. The zero-order chi connectivity index (χ0) is 24.5. The molecule has 2 aromatic carbocycles. The van der Waals surface area contributed by atoms with Crippen LogP contribution in [0.25, 0.3) is 5.57 Å². The Morgan fingerprint density at radius 2 is 1.74 bits per heavy atom. The van der Waals surface area contributed by atoms with Crippen molar-refractivity contribution in [1.82, 2.24) is 4.90 Å². The van der Waals surface area contributed by atoms with Crippen molar-refractivity contribution < 1.29 is 29.3 Å². The number of hydrogen-bond acceptors (Lipinski definition) is 6. The second-order valence-corrected chi connectivity index (χ2v) is 9.04. The molecule has 2 aliphatic heterocycles. The van der Waals surface area contributed by atoms with Gasteiger partial charge in [0.2, 0.25) is 0 Å². The lowest BCUT2D eigenvalue weighted by Gasteiger charge is -2.30. The number of thioether (sulfide) groups is 1. The second kappa shape index (κ2) is 12.4. The average Bonchev–Trinajstić information content (AvgIpc) is 3.00. The number of benzene rings is 2. The molecule has 2 aliphatic rings. The fourth-order valence-electron chi connectivity index (χ4n) is 4.14. The number of likely N-dealkylation sites (tertiary alicyclic amines) is 1. The van der Waals surface area contributed by atoms with Crippen molar-refractivity contribution >= 4 is 35.2 Å². The number of hydrogen-bond donors (Lipinski definition) is 2. The molecule has 7 nitrogen and oxygen atoms in total. The van der Waals surface area contributed by atoms with Crippen molar-refractivity contribution in [3.05, 3.63) is 71.3 Å². The van der Waals surface area contributed by atoms with E-state index >= 15 is 0 Å². The highest BCUT2D eigenvalue weighted by Crippen LogP contribution is 2.39.